The third-order valence-corrected chi connectivity index (χ3v) is 5.55. The first-order chi connectivity index (χ1) is 12.7. The number of aryl methyl sites for hydroxylation is 2. The number of nitrogens with zero attached hydrogens (tertiary/aromatic N) is 3. The van der Waals surface area contributed by atoms with E-state index in [4.69, 9.17) is 0 Å². The molecule has 3 rings (SSSR count). The number of carboxylic acids is 1. The highest BCUT2D eigenvalue weighted by Gasteiger charge is 2.49. The second-order valence-electron chi connectivity index (χ2n) is 7.31. The van der Waals surface area contributed by atoms with Gasteiger partial charge in [-0.25, -0.2) is 14.4 Å². The minimum atomic E-state index is -1.41. The molecule has 2 atom stereocenters. The lowest BCUT2D eigenvalue weighted by atomic mass is 9.73. The van der Waals surface area contributed by atoms with Gasteiger partial charge in [0.05, 0.1) is 6.10 Å². The summed E-state index contributed by atoms with van der Waals surface area (Å²) in [5.41, 5.74) is 1.96. The number of aliphatic carboxylic acids is 1. The van der Waals surface area contributed by atoms with Crippen molar-refractivity contribution in [1.29, 1.82) is 0 Å². The maximum Gasteiger partial charge on any atom is 0.314 e. The molecule has 0 bridgehead atoms. The number of aliphatic hydroxyl groups is 1. The van der Waals surface area contributed by atoms with Crippen molar-refractivity contribution in [3.05, 3.63) is 52.6 Å². The number of anilines is 1. The molecule has 2 heterocycles. The lowest BCUT2D eigenvalue weighted by molar-refractivity contribution is -0.157. The van der Waals surface area contributed by atoms with Gasteiger partial charge in [0, 0.05) is 24.5 Å². The Kier molecular flexibility index (Phi) is 5.15. The summed E-state index contributed by atoms with van der Waals surface area (Å²) < 4.78 is 13.2. The van der Waals surface area contributed by atoms with E-state index in [1.807, 2.05) is 25.7 Å². The lowest BCUT2D eigenvalue weighted by Gasteiger charge is -2.43. The van der Waals surface area contributed by atoms with Gasteiger partial charge in [0.25, 0.3) is 0 Å². The summed E-state index contributed by atoms with van der Waals surface area (Å²) in [7, 11) is 0. The Morgan fingerprint density at radius 2 is 1.81 bits per heavy atom. The minimum Gasteiger partial charge on any atom is -0.481 e. The molecule has 0 unspecified atom stereocenters. The maximum atomic E-state index is 13.2. The van der Waals surface area contributed by atoms with Crippen LogP contribution < -0.4 is 4.90 Å². The Labute approximate surface area is 157 Å². The third kappa shape index (κ3) is 3.64. The standard InChI is InChI=1S/C20H24FN3O3/c1-12-13(2)22-19(23-14(12)3)24-9-8-17(25)20(11-24,18(26)27)10-15-4-6-16(21)7-5-15/h4-7,17,25H,8-11H2,1-3H3,(H,26,27)/t17-,20+/m0/s1. The van der Waals surface area contributed by atoms with Crippen LogP contribution in [0.1, 0.15) is 28.9 Å². The highest BCUT2D eigenvalue weighted by molar-refractivity contribution is 5.77. The van der Waals surface area contributed by atoms with Crippen molar-refractivity contribution < 1.29 is 19.4 Å². The minimum absolute atomic E-state index is 0.0861. The van der Waals surface area contributed by atoms with Gasteiger partial charge >= 0.3 is 5.97 Å². The zero-order valence-electron chi connectivity index (χ0n) is 15.7. The average Bonchev–Trinajstić information content (AvgIpc) is 2.63. The van der Waals surface area contributed by atoms with E-state index >= 15 is 0 Å². The highest BCUT2D eigenvalue weighted by Crippen LogP contribution is 2.36. The largest absolute Gasteiger partial charge is 0.481 e. The molecule has 6 nitrogen and oxygen atoms in total. The second kappa shape index (κ2) is 7.23. The van der Waals surface area contributed by atoms with E-state index < -0.39 is 17.5 Å². The zero-order valence-corrected chi connectivity index (χ0v) is 15.7. The molecule has 1 saturated heterocycles. The van der Waals surface area contributed by atoms with Crippen LogP contribution in [0.5, 0.6) is 0 Å². The van der Waals surface area contributed by atoms with Crippen LogP contribution in [0.15, 0.2) is 24.3 Å². The van der Waals surface area contributed by atoms with Crippen molar-refractivity contribution in [3.8, 4) is 0 Å². The number of hydrogen-bond acceptors (Lipinski definition) is 5. The Morgan fingerprint density at radius 1 is 1.22 bits per heavy atom. The van der Waals surface area contributed by atoms with Gasteiger partial charge in [0.2, 0.25) is 5.95 Å². The summed E-state index contributed by atoms with van der Waals surface area (Å²) in [6.07, 6.45) is -0.614. The Balaban J connectivity index is 1.95. The molecule has 0 radical (unpaired) electrons. The lowest BCUT2D eigenvalue weighted by Crippen LogP contribution is -2.57. The summed E-state index contributed by atoms with van der Waals surface area (Å²) in [5.74, 6) is -0.982. The number of aliphatic hydroxyl groups excluding tert-OH is 1. The van der Waals surface area contributed by atoms with Crippen molar-refractivity contribution in [3.63, 3.8) is 0 Å². The molecule has 2 N–H and O–H groups in total. The van der Waals surface area contributed by atoms with E-state index in [9.17, 15) is 19.4 Å². The van der Waals surface area contributed by atoms with E-state index in [1.165, 1.54) is 12.1 Å². The van der Waals surface area contributed by atoms with E-state index in [0.29, 0.717) is 24.5 Å². The number of hydrogen-bond donors (Lipinski definition) is 2. The molecule has 27 heavy (non-hydrogen) atoms. The molecule has 2 aromatic rings. The predicted molar refractivity (Wildman–Crippen MR) is 99.3 cm³/mol. The summed E-state index contributed by atoms with van der Waals surface area (Å²) in [6.45, 7) is 6.30. The first-order valence-electron chi connectivity index (χ1n) is 8.95. The van der Waals surface area contributed by atoms with Crippen molar-refractivity contribution in [2.24, 2.45) is 5.41 Å². The van der Waals surface area contributed by atoms with Crippen molar-refractivity contribution in [2.75, 3.05) is 18.0 Å². The summed E-state index contributed by atoms with van der Waals surface area (Å²) in [6, 6.07) is 5.71. The Hall–Kier alpha value is -2.54. The van der Waals surface area contributed by atoms with Crippen LogP contribution in [0, 0.1) is 32.0 Å². The maximum absolute atomic E-state index is 13.2. The molecule has 0 amide bonds. The number of piperidine rings is 1. The van der Waals surface area contributed by atoms with E-state index in [0.717, 1.165) is 17.0 Å². The summed E-state index contributed by atoms with van der Waals surface area (Å²) in [4.78, 5) is 23.1. The number of carboxylic acid groups (broad SMARTS) is 1. The average molecular weight is 373 g/mol. The number of carbonyl (C=O) groups is 1. The molecule has 1 aromatic heterocycles. The van der Waals surface area contributed by atoms with Gasteiger partial charge in [-0.1, -0.05) is 12.1 Å². The van der Waals surface area contributed by atoms with Crippen LogP contribution in [0.25, 0.3) is 0 Å². The number of aromatic nitrogens is 2. The fraction of sp³-hybridized carbons (Fsp3) is 0.450. The monoisotopic (exact) mass is 373 g/mol. The van der Waals surface area contributed by atoms with Crippen LogP contribution in [0.3, 0.4) is 0 Å². The smallest absolute Gasteiger partial charge is 0.314 e. The van der Waals surface area contributed by atoms with E-state index in [2.05, 4.69) is 9.97 Å². The van der Waals surface area contributed by atoms with Crippen molar-refractivity contribution in [1.82, 2.24) is 9.97 Å². The highest BCUT2D eigenvalue weighted by atomic mass is 19.1. The first kappa shape index (κ1) is 19.2. The molecule has 7 heteroatoms. The molecule has 0 saturated carbocycles. The van der Waals surface area contributed by atoms with Gasteiger partial charge < -0.3 is 15.1 Å². The molecule has 144 valence electrons. The van der Waals surface area contributed by atoms with Gasteiger partial charge in [0.1, 0.15) is 11.2 Å². The Bertz CT molecular complexity index is 833. The molecule has 1 aromatic carbocycles. The fourth-order valence-electron chi connectivity index (χ4n) is 3.57. The molecule has 0 aliphatic carbocycles. The Morgan fingerprint density at radius 3 is 2.37 bits per heavy atom. The number of benzene rings is 1. The van der Waals surface area contributed by atoms with E-state index in [1.54, 1.807) is 12.1 Å². The van der Waals surface area contributed by atoms with Crippen LogP contribution in [-0.4, -0.2) is 45.3 Å². The van der Waals surface area contributed by atoms with Crippen molar-refractivity contribution >= 4 is 11.9 Å². The zero-order chi connectivity index (χ0) is 19.8. The van der Waals surface area contributed by atoms with Gasteiger partial charge in [-0.2, -0.15) is 0 Å². The van der Waals surface area contributed by atoms with E-state index in [-0.39, 0.29) is 18.8 Å². The van der Waals surface area contributed by atoms with Crippen LogP contribution >= 0.6 is 0 Å². The normalized spacial score (nSPS) is 22.7. The second-order valence-corrected chi connectivity index (χ2v) is 7.31. The van der Waals surface area contributed by atoms with Gasteiger partial charge in [-0.05, 0) is 56.9 Å². The summed E-state index contributed by atoms with van der Waals surface area (Å²) >= 11 is 0. The molecule has 0 spiro atoms. The van der Waals surface area contributed by atoms with Gasteiger partial charge in [-0.15, -0.1) is 0 Å². The van der Waals surface area contributed by atoms with Crippen LogP contribution in [-0.2, 0) is 11.2 Å². The number of halogens is 1. The molecule has 1 aliphatic heterocycles. The third-order valence-electron chi connectivity index (χ3n) is 5.55. The molecule has 1 fully saturated rings. The topological polar surface area (TPSA) is 86.5 Å². The number of rotatable bonds is 4. The molecule has 1 aliphatic rings. The molecular weight excluding hydrogens is 349 g/mol. The van der Waals surface area contributed by atoms with Crippen molar-refractivity contribution in [2.45, 2.75) is 39.7 Å². The van der Waals surface area contributed by atoms with Gasteiger partial charge in [-0.3, -0.25) is 4.79 Å². The predicted octanol–water partition coefficient (Wildman–Crippen LogP) is 2.43. The van der Waals surface area contributed by atoms with Crippen LogP contribution in [0.2, 0.25) is 0 Å². The quantitative estimate of drug-likeness (QED) is 0.856. The molecular formula is C20H24FN3O3. The summed E-state index contributed by atoms with van der Waals surface area (Å²) in [5, 5.41) is 20.6. The van der Waals surface area contributed by atoms with Gasteiger partial charge in [0.15, 0.2) is 0 Å². The fourth-order valence-corrected chi connectivity index (χ4v) is 3.57. The van der Waals surface area contributed by atoms with Crippen LogP contribution in [0.4, 0.5) is 10.3 Å². The SMILES string of the molecule is Cc1nc(N2CC[C@H](O)[C@](Cc3ccc(F)cc3)(C(=O)O)C2)nc(C)c1C. The first-order valence-corrected chi connectivity index (χ1v) is 8.95.